The zero-order valence-corrected chi connectivity index (χ0v) is 9.53. The Hall–Kier alpha value is -0.860. The summed E-state index contributed by atoms with van der Waals surface area (Å²) in [5, 5.41) is 0.807. The first kappa shape index (κ1) is 10.7. The van der Waals surface area contributed by atoms with E-state index in [1.807, 2.05) is 6.92 Å². The molecule has 0 atom stereocenters. The lowest BCUT2D eigenvalue weighted by molar-refractivity contribution is 0.639. The van der Waals surface area contributed by atoms with Gasteiger partial charge in [-0.3, -0.25) is 0 Å². The summed E-state index contributed by atoms with van der Waals surface area (Å²) in [6, 6.07) is 4.76. The minimum atomic E-state index is -0.300. The van der Waals surface area contributed by atoms with Crippen molar-refractivity contribution in [2.45, 2.75) is 12.8 Å². The van der Waals surface area contributed by atoms with Gasteiger partial charge in [0.2, 0.25) is 0 Å². The Balaban J connectivity index is 2.86. The summed E-state index contributed by atoms with van der Waals surface area (Å²) in [6.45, 7) is 1.87. The monoisotopic (exact) mass is 243 g/mol. The van der Waals surface area contributed by atoms with Gasteiger partial charge in [-0.2, -0.15) is 0 Å². The molecule has 1 heterocycles. The highest BCUT2D eigenvalue weighted by molar-refractivity contribution is 6.31. The number of rotatable bonds is 1. The number of benzene rings is 1. The highest BCUT2D eigenvalue weighted by Gasteiger charge is 2.09. The number of aryl methyl sites for hydroxylation is 1. The van der Waals surface area contributed by atoms with Crippen LogP contribution in [-0.2, 0) is 5.88 Å². The molecule has 0 aliphatic heterocycles. The van der Waals surface area contributed by atoms with Crippen LogP contribution in [0.15, 0.2) is 18.2 Å². The lowest BCUT2D eigenvalue weighted by Crippen LogP contribution is -1.92. The summed E-state index contributed by atoms with van der Waals surface area (Å²) in [5.74, 6) is -0.0686. The molecule has 0 radical (unpaired) electrons. The SMILES string of the molecule is Cc1ccc(F)c2cc(CCl)c(Cl)nc12. The molecule has 2 aromatic rings. The van der Waals surface area contributed by atoms with Gasteiger partial charge in [-0.25, -0.2) is 9.37 Å². The third-order valence-electron chi connectivity index (χ3n) is 2.30. The zero-order chi connectivity index (χ0) is 11.0. The molecule has 1 nitrogen and oxygen atoms in total. The number of pyridine rings is 1. The number of fused-ring (bicyclic) bond motifs is 1. The van der Waals surface area contributed by atoms with E-state index in [9.17, 15) is 4.39 Å². The van der Waals surface area contributed by atoms with Crippen molar-refractivity contribution in [2.75, 3.05) is 0 Å². The Morgan fingerprint density at radius 1 is 1.40 bits per heavy atom. The van der Waals surface area contributed by atoms with Gasteiger partial charge in [0, 0.05) is 10.9 Å². The van der Waals surface area contributed by atoms with Gasteiger partial charge in [0.05, 0.1) is 11.4 Å². The maximum absolute atomic E-state index is 13.5. The second-order valence-electron chi connectivity index (χ2n) is 3.33. The standard InChI is InChI=1S/C11H8Cl2FN/c1-6-2-3-9(14)8-4-7(5-12)11(13)15-10(6)8/h2-4H,5H2,1H3. The fourth-order valence-electron chi connectivity index (χ4n) is 1.48. The molecule has 15 heavy (non-hydrogen) atoms. The number of alkyl halides is 1. The lowest BCUT2D eigenvalue weighted by atomic mass is 10.1. The molecule has 78 valence electrons. The van der Waals surface area contributed by atoms with Crippen LogP contribution in [-0.4, -0.2) is 4.98 Å². The third-order valence-corrected chi connectivity index (χ3v) is 2.92. The average Bonchev–Trinajstić information content (AvgIpc) is 2.23. The van der Waals surface area contributed by atoms with Crippen molar-refractivity contribution >= 4 is 34.1 Å². The second-order valence-corrected chi connectivity index (χ2v) is 3.96. The first-order valence-corrected chi connectivity index (χ1v) is 5.35. The van der Waals surface area contributed by atoms with Gasteiger partial charge in [0.1, 0.15) is 11.0 Å². The van der Waals surface area contributed by atoms with Crippen molar-refractivity contribution in [3.05, 3.63) is 40.3 Å². The average molecular weight is 244 g/mol. The van der Waals surface area contributed by atoms with Gasteiger partial charge < -0.3 is 0 Å². The van der Waals surface area contributed by atoms with Crippen molar-refractivity contribution < 1.29 is 4.39 Å². The first-order chi connectivity index (χ1) is 7.13. The second kappa shape index (κ2) is 3.95. The van der Waals surface area contributed by atoms with E-state index in [4.69, 9.17) is 23.2 Å². The molecule has 0 saturated heterocycles. The largest absolute Gasteiger partial charge is 0.235 e. The Labute approximate surface area is 96.8 Å². The molecule has 4 heteroatoms. The maximum atomic E-state index is 13.5. The van der Waals surface area contributed by atoms with Gasteiger partial charge >= 0.3 is 0 Å². The van der Waals surface area contributed by atoms with Gasteiger partial charge in [0.15, 0.2) is 0 Å². The van der Waals surface area contributed by atoms with Crippen LogP contribution >= 0.6 is 23.2 Å². The normalized spacial score (nSPS) is 10.9. The number of hydrogen-bond donors (Lipinski definition) is 0. The van der Waals surface area contributed by atoms with Gasteiger partial charge in [-0.15, -0.1) is 11.6 Å². The highest BCUT2D eigenvalue weighted by atomic mass is 35.5. The lowest BCUT2D eigenvalue weighted by Gasteiger charge is -2.06. The first-order valence-electron chi connectivity index (χ1n) is 4.43. The molecule has 0 bridgehead atoms. The van der Waals surface area contributed by atoms with Gasteiger partial charge in [-0.1, -0.05) is 17.7 Å². The van der Waals surface area contributed by atoms with Crippen LogP contribution in [0.5, 0.6) is 0 Å². The van der Waals surface area contributed by atoms with Crippen LogP contribution in [0.2, 0.25) is 5.15 Å². The van der Waals surface area contributed by atoms with E-state index in [0.717, 1.165) is 5.56 Å². The predicted octanol–water partition coefficient (Wildman–Crippen LogP) is 4.07. The minimum Gasteiger partial charge on any atom is -0.235 e. The third kappa shape index (κ3) is 1.80. The van der Waals surface area contributed by atoms with Gasteiger partial charge in [0.25, 0.3) is 0 Å². The van der Waals surface area contributed by atoms with Crippen molar-refractivity contribution in [3.8, 4) is 0 Å². The van der Waals surface area contributed by atoms with Crippen molar-refractivity contribution in [2.24, 2.45) is 0 Å². The van der Waals surface area contributed by atoms with E-state index in [-0.39, 0.29) is 11.7 Å². The van der Waals surface area contributed by atoms with Crippen LogP contribution in [0.1, 0.15) is 11.1 Å². The molecule has 0 N–H and O–H groups in total. The fourth-order valence-corrected chi connectivity index (χ4v) is 1.95. The quantitative estimate of drug-likeness (QED) is 0.544. The molecule has 2 rings (SSSR count). The molecule has 0 fully saturated rings. The Kier molecular flexibility index (Phi) is 2.81. The Morgan fingerprint density at radius 3 is 2.80 bits per heavy atom. The molecule has 1 aromatic heterocycles. The molecular weight excluding hydrogens is 236 g/mol. The van der Waals surface area contributed by atoms with Crippen molar-refractivity contribution in [1.29, 1.82) is 0 Å². The molecule has 0 aliphatic carbocycles. The van der Waals surface area contributed by atoms with E-state index in [2.05, 4.69) is 4.98 Å². The Bertz CT molecular complexity index is 525. The molecule has 0 unspecified atom stereocenters. The molecule has 0 saturated carbocycles. The van der Waals surface area contributed by atoms with E-state index in [1.165, 1.54) is 6.07 Å². The van der Waals surface area contributed by atoms with Crippen molar-refractivity contribution in [1.82, 2.24) is 4.98 Å². The van der Waals surface area contributed by atoms with Crippen LogP contribution in [0.25, 0.3) is 10.9 Å². The maximum Gasteiger partial charge on any atom is 0.134 e. The smallest absolute Gasteiger partial charge is 0.134 e. The summed E-state index contributed by atoms with van der Waals surface area (Å²) in [7, 11) is 0. The van der Waals surface area contributed by atoms with E-state index < -0.39 is 0 Å². The van der Waals surface area contributed by atoms with Crippen molar-refractivity contribution in [3.63, 3.8) is 0 Å². The summed E-state index contributed by atoms with van der Waals surface area (Å²) in [5.41, 5.74) is 2.14. The zero-order valence-electron chi connectivity index (χ0n) is 8.02. The number of aromatic nitrogens is 1. The predicted molar refractivity (Wildman–Crippen MR) is 61.0 cm³/mol. The van der Waals surface area contributed by atoms with E-state index >= 15 is 0 Å². The van der Waals surface area contributed by atoms with Gasteiger partial charge in [-0.05, 0) is 24.6 Å². The molecule has 0 spiro atoms. The van der Waals surface area contributed by atoms with E-state index in [0.29, 0.717) is 21.6 Å². The topological polar surface area (TPSA) is 12.9 Å². The molecule has 0 amide bonds. The summed E-state index contributed by atoms with van der Waals surface area (Å²) >= 11 is 11.6. The summed E-state index contributed by atoms with van der Waals surface area (Å²) in [6.07, 6.45) is 0. The van der Waals surface area contributed by atoms with E-state index in [1.54, 1.807) is 12.1 Å². The fraction of sp³-hybridized carbons (Fsp3) is 0.182. The summed E-state index contributed by atoms with van der Waals surface area (Å²) in [4.78, 5) is 4.15. The highest BCUT2D eigenvalue weighted by Crippen LogP contribution is 2.25. The molecule has 1 aromatic carbocycles. The molecule has 0 aliphatic rings. The van der Waals surface area contributed by atoms with Crippen LogP contribution < -0.4 is 0 Å². The Morgan fingerprint density at radius 2 is 2.13 bits per heavy atom. The van der Waals surface area contributed by atoms with Crippen LogP contribution in [0, 0.1) is 12.7 Å². The summed E-state index contributed by atoms with van der Waals surface area (Å²) < 4.78 is 13.5. The minimum absolute atomic E-state index is 0.231. The number of hydrogen-bond acceptors (Lipinski definition) is 1. The number of halogens is 3. The number of nitrogens with zero attached hydrogens (tertiary/aromatic N) is 1. The van der Waals surface area contributed by atoms with Crippen LogP contribution in [0.3, 0.4) is 0 Å². The molecular formula is C11H8Cl2FN. The van der Waals surface area contributed by atoms with Crippen LogP contribution in [0.4, 0.5) is 4.39 Å².